The topological polar surface area (TPSA) is 106 Å². The Bertz CT molecular complexity index is 472. The fraction of sp³-hybridized carbons (Fsp3) is 0.667. The van der Waals surface area contributed by atoms with Crippen LogP contribution in [-0.4, -0.2) is 52.2 Å². The van der Waals surface area contributed by atoms with Gasteiger partial charge in [0.25, 0.3) is 0 Å². The third-order valence-corrected chi connectivity index (χ3v) is 2.83. The van der Waals surface area contributed by atoms with E-state index in [1.807, 2.05) is 6.92 Å². The second-order valence-corrected chi connectivity index (χ2v) is 4.34. The van der Waals surface area contributed by atoms with Crippen molar-refractivity contribution in [3.05, 3.63) is 11.4 Å². The lowest BCUT2D eigenvalue weighted by Gasteiger charge is -2.14. The van der Waals surface area contributed by atoms with Crippen molar-refractivity contribution in [1.82, 2.24) is 20.3 Å². The maximum Gasteiger partial charge on any atom is 0.358 e. The molecule has 112 valence electrons. The number of carbonyl (C=O) groups is 2. The van der Waals surface area contributed by atoms with Crippen molar-refractivity contribution in [2.75, 3.05) is 20.3 Å². The zero-order chi connectivity index (χ0) is 15.1. The molecule has 0 spiro atoms. The summed E-state index contributed by atoms with van der Waals surface area (Å²) in [4.78, 5) is 23.0. The molecule has 0 bridgehead atoms. The molecular formula is C12H20N4O4. The first kappa shape index (κ1) is 16.1. The minimum absolute atomic E-state index is 0.141. The second kappa shape index (κ2) is 7.59. The number of carbonyl (C=O) groups excluding carboxylic acids is 1. The third-order valence-electron chi connectivity index (χ3n) is 2.83. The van der Waals surface area contributed by atoms with E-state index in [0.717, 1.165) is 6.42 Å². The van der Waals surface area contributed by atoms with E-state index in [2.05, 4.69) is 15.6 Å². The molecule has 1 unspecified atom stereocenters. The summed E-state index contributed by atoms with van der Waals surface area (Å²) in [5.74, 6) is -1.38. The molecule has 0 aliphatic carbocycles. The molecular weight excluding hydrogens is 264 g/mol. The molecule has 8 nitrogen and oxygen atoms in total. The van der Waals surface area contributed by atoms with Gasteiger partial charge in [-0.15, -0.1) is 5.10 Å². The average molecular weight is 284 g/mol. The Hall–Kier alpha value is -1.96. The van der Waals surface area contributed by atoms with E-state index >= 15 is 0 Å². The molecule has 1 amide bonds. The molecule has 8 heteroatoms. The van der Waals surface area contributed by atoms with Gasteiger partial charge in [-0.25, -0.2) is 9.48 Å². The second-order valence-electron chi connectivity index (χ2n) is 4.34. The number of ether oxygens (including phenoxy) is 1. The molecule has 0 radical (unpaired) electrons. The van der Waals surface area contributed by atoms with Gasteiger partial charge >= 0.3 is 5.97 Å². The van der Waals surface area contributed by atoms with Gasteiger partial charge in [0, 0.05) is 20.1 Å². The summed E-state index contributed by atoms with van der Waals surface area (Å²) in [6.07, 6.45) is 1.16. The lowest BCUT2D eigenvalue weighted by Crippen LogP contribution is -2.33. The van der Waals surface area contributed by atoms with Crippen molar-refractivity contribution in [2.24, 2.45) is 0 Å². The van der Waals surface area contributed by atoms with Crippen LogP contribution in [0.4, 0.5) is 0 Å². The summed E-state index contributed by atoms with van der Waals surface area (Å²) in [5, 5.41) is 19.2. The summed E-state index contributed by atoms with van der Waals surface area (Å²) >= 11 is 0. The van der Waals surface area contributed by atoms with E-state index in [0.29, 0.717) is 25.3 Å². The number of rotatable bonds is 8. The van der Waals surface area contributed by atoms with E-state index < -0.39 is 12.0 Å². The van der Waals surface area contributed by atoms with Crippen LogP contribution in [0.3, 0.4) is 0 Å². The number of hydrogen-bond acceptors (Lipinski definition) is 5. The largest absolute Gasteiger partial charge is 0.476 e. The molecule has 1 heterocycles. The standard InChI is InChI=1S/C12H20N4O4/c1-4-6-13-11(17)8(2)16-9(5-7-20-3)10(12(18)19)14-15-16/h8H,4-7H2,1-3H3,(H,13,17)(H,18,19). The molecule has 0 fully saturated rings. The maximum atomic E-state index is 11.9. The quantitative estimate of drug-likeness (QED) is 0.709. The van der Waals surface area contributed by atoms with E-state index in [-0.39, 0.29) is 11.6 Å². The van der Waals surface area contributed by atoms with Crippen molar-refractivity contribution >= 4 is 11.9 Å². The van der Waals surface area contributed by atoms with Crippen LogP contribution in [0.25, 0.3) is 0 Å². The Balaban J connectivity index is 2.98. The first-order valence-electron chi connectivity index (χ1n) is 6.46. The van der Waals surface area contributed by atoms with Crippen molar-refractivity contribution < 1.29 is 19.4 Å². The molecule has 1 rings (SSSR count). The van der Waals surface area contributed by atoms with Crippen LogP contribution in [-0.2, 0) is 16.0 Å². The lowest BCUT2D eigenvalue weighted by molar-refractivity contribution is -0.124. The van der Waals surface area contributed by atoms with Gasteiger partial charge in [0.2, 0.25) is 5.91 Å². The number of carboxylic acids is 1. The Kier molecular flexibility index (Phi) is 6.10. The monoisotopic (exact) mass is 284 g/mol. The fourth-order valence-electron chi connectivity index (χ4n) is 1.73. The highest BCUT2D eigenvalue weighted by Crippen LogP contribution is 2.13. The van der Waals surface area contributed by atoms with Gasteiger partial charge in [-0.2, -0.15) is 0 Å². The number of hydrogen-bond donors (Lipinski definition) is 2. The summed E-state index contributed by atoms with van der Waals surface area (Å²) in [5.41, 5.74) is 0.246. The minimum Gasteiger partial charge on any atom is -0.476 e. The minimum atomic E-state index is -1.16. The van der Waals surface area contributed by atoms with Crippen molar-refractivity contribution in [3.63, 3.8) is 0 Å². The maximum absolute atomic E-state index is 11.9. The smallest absolute Gasteiger partial charge is 0.358 e. The molecule has 0 aliphatic heterocycles. The van der Waals surface area contributed by atoms with Crippen molar-refractivity contribution in [2.45, 2.75) is 32.7 Å². The van der Waals surface area contributed by atoms with Gasteiger partial charge in [0.05, 0.1) is 12.3 Å². The summed E-state index contributed by atoms with van der Waals surface area (Å²) in [6.45, 7) is 4.50. The van der Waals surface area contributed by atoms with E-state index in [1.54, 1.807) is 6.92 Å². The normalized spacial score (nSPS) is 12.2. The predicted molar refractivity (Wildman–Crippen MR) is 70.6 cm³/mol. The summed E-state index contributed by atoms with van der Waals surface area (Å²) < 4.78 is 6.29. The SMILES string of the molecule is CCCNC(=O)C(C)n1nnc(C(=O)O)c1CCOC. The van der Waals surface area contributed by atoms with Crippen LogP contribution >= 0.6 is 0 Å². The summed E-state index contributed by atoms with van der Waals surface area (Å²) in [6, 6.07) is -0.617. The van der Waals surface area contributed by atoms with Crippen molar-refractivity contribution in [1.29, 1.82) is 0 Å². The van der Waals surface area contributed by atoms with E-state index in [4.69, 9.17) is 9.84 Å². The van der Waals surface area contributed by atoms with Crippen LogP contribution in [0.2, 0.25) is 0 Å². The number of aromatic nitrogens is 3. The first-order chi connectivity index (χ1) is 9.52. The van der Waals surface area contributed by atoms with Gasteiger partial charge in [-0.05, 0) is 13.3 Å². The number of carboxylic acid groups (broad SMARTS) is 1. The average Bonchev–Trinajstić information content (AvgIpc) is 2.85. The van der Waals surface area contributed by atoms with Crippen LogP contribution in [0.1, 0.15) is 42.5 Å². The number of aromatic carboxylic acids is 1. The number of nitrogens with one attached hydrogen (secondary N) is 1. The van der Waals surface area contributed by atoms with E-state index in [1.165, 1.54) is 11.8 Å². The predicted octanol–water partition coefficient (Wildman–Crippen LogP) is 0.252. The van der Waals surface area contributed by atoms with E-state index in [9.17, 15) is 9.59 Å². The Morgan fingerprint density at radius 2 is 2.20 bits per heavy atom. The summed E-state index contributed by atoms with van der Waals surface area (Å²) in [7, 11) is 1.52. The molecule has 1 atom stereocenters. The Morgan fingerprint density at radius 1 is 1.50 bits per heavy atom. The first-order valence-corrected chi connectivity index (χ1v) is 6.46. The Morgan fingerprint density at radius 3 is 2.75 bits per heavy atom. The zero-order valence-corrected chi connectivity index (χ0v) is 11.9. The molecule has 20 heavy (non-hydrogen) atoms. The molecule has 2 N–H and O–H groups in total. The van der Waals surface area contributed by atoms with Crippen molar-refractivity contribution in [3.8, 4) is 0 Å². The van der Waals surface area contributed by atoms with Crippen LogP contribution < -0.4 is 5.32 Å². The van der Waals surface area contributed by atoms with Crippen LogP contribution in [0.15, 0.2) is 0 Å². The van der Waals surface area contributed by atoms with Gasteiger partial charge < -0.3 is 15.2 Å². The lowest BCUT2D eigenvalue weighted by atomic mass is 10.2. The fourth-order valence-corrected chi connectivity index (χ4v) is 1.73. The zero-order valence-electron chi connectivity index (χ0n) is 11.9. The van der Waals surface area contributed by atoms with Gasteiger partial charge in [-0.1, -0.05) is 12.1 Å². The number of nitrogens with zero attached hydrogens (tertiary/aromatic N) is 3. The number of methoxy groups -OCH3 is 1. The molecule has 0 saturated heterocycles. The van der Waals surface area contributed by atoms with Crippen LogP contribution in [0.5, 0.6) is 0 Å². The number of amides is 1. The highest BCUT2D eigenvalue weighted by Gasteiger charge is 2.24. The molecule has 0 aliphatic rings. The Labute approximate surface area is 117 Å². The van der Waals surface area contributed by atoms with Gasteiger partial charge in [0.15, 0.2) is 5.69 Å². The molecule has 1 aromatic rings. The molecule has 0 saturated carbocycles. The highest BCUT2D eigenvalue weighted by atomic mass is 16.5. The highest BCUT2D eigenvalue weighted by molar-refractivity contribution is 5.87. The van der Waals surface area contributed by atoms with Crippen LogP contribution in [0, 0.1) is 0 Å². The third kappa shape index (κ3) is 3.77. The molecule has 0 aromatic carbocycles. The molecule has 1 aromatic heterocycles. The van der Waals surface area contributed by atoms with Gasteiger partial charge in [0.1, 0.15) is 6.04 Å². The van der Waals surface area contributed by atoms with Gasteiger partial charge in [-0.3, -0.25) is 4.79 Å².